The van der Waals surface area contributed by atoms with E-state index in [-0.39, 0.29) is 0 Å². The van der Waals surface area contributed by atoms with E-state index in [1.165, 1.54) is 0 Å². The zero-order valence-electron chi connectivity index (χ0n) is 9.86. The molecule has 3 aromatic rings. The van der Waals surface area contributed by atoms with Gasteiger partial charge in [-0.25, -0.2) is 0 Å². The van der Waals surface area contributed by atoms with Crippen molar-refractivity contribution in [2.75, 3.05) is 7.11 Å². The molecule has 0 bridgehead atoms. The molecule has 4 nitrogen and oxygen atoms in total. The number of aromatic amines is 1. The average molecular weight is 240 g/mol. The number of amides is 1. The van der Waals surface area contributed by atoms with Crippen LogP contribution in [0.25, 0.3) is 21.8 Å². The van der Waals surface area contributed by atoms with E-state index in [0.717, 1.165) is 21.8 Å². The summed E-state index contributed by atoms with van der Waals surface area (Å²) in [5.74, 6) is 0.165. The molecule has 0 aliphatic carbocycles. The first-order valence-electron chi connectivity index (χ1n) is 5.59. The van der Waals surface area contributed by atoms with Crippen LogP contribution < -0.4 is 10.5 Å². The van der Waals surface area contributed by atoms with Crippen LogP contribution in [0, 0.1) is 0 Å². The lowest BCUT2D eigenvalue weighted by atomic mass is 10.1. The number of primary amides is 1. The summed E-state index contributed by atoms with van der Waals surface area (Å²) < 4.78 is 5.31. The first-order chi connectivity index (χ1) is 8.70. The Morgan fingerprint density at radius 1 is 1.22 bits per heavy atom. The minimum absolute atomic E-state index is 0.448. The Balaban J connectivity index is 2.48. The largest absolute Gasteiger partial charge is 0.495 e. The highest BCUT2D eigenvalue weighted by Crippen LogP contribution is 2.32. The van der Waals surface area contributed by atoms with Crippen LogP contribution in [0.15, 0.2) is 36.4 Å². The molecule has 0 fully saturated rings. The van der Waals surface area contributed by atoms with Crippen molar-refractivity contribution in [3.8, 4) is 5.75 Å². The van der Waals surface area contributed by atoms with Crippen LogP contribution in [0.1, 0.15) is 10.4 Å². The number of para-hydroxylation sites is 1. The zero-order chi connectivity index (χ0) is 12.7. The number of nitrogens with two attached hydrogens (primary N) is 1. The predicted octanol–water partition coefficient (Wildman–Crippen LogP) is 2.43. The Morgan fingerprint density at radius 3 is 2.72 bits per heavy atom. The maximum Gasteiger partial charge on any atom is 0.248 e. The third kappa shape index (κ3) is 1.43. The molecule has 1 amide bonds. The number of nitrogens with one attached hydrogen (secondary N) is 1. The molecule has 4 heteroatoms. The lowest BCUT2D eigenvalue weighted by Gasteiger charge is -2.04. The molecule has 18 heavy (non-hydrogen) atoms. The van der Waals surface area contributed by atoms with Gasteiger partial charge >= 0.3 is 0 Å². The van der Waals surface area contributed by atoms with Crippen molar-refractivity contribution >= 4 is 27.7 Å². The molecule has 0 aliphatic heterocycles. The Bertz CT molecular complexity index is 759. The lowest BCUT2D eigenvalue weighted by Crippen LogP contribution is -2.10. The molecule has 0 saturated heterocycles. The van der Waals surface area contributed by atoms with Crippen molar-refractivity contribution < 1.29 is 9.53 Å². The first kappa shape index (κ1) is 10.7. The number of rotatable bonds is 2. The van der Waals surface area contributed by atoms with Gasteiger partial charge in [0, 0.05) is 21.9 Å². The van der Waals surface area contributed by atoms with Gasteiger partial charge in [-0.2, -0.15) is 0 Å². The van der Waals surface area contributed by atoms with Crippen LogP contribution in [-0.2, 0) is 0 Å². The molecule has 90 valence electrons. The monoisotopic (exact) mass is 240 g/mol. The van der Waals surface area contributed by atoms with Crippen LogP contribution in [0.4, 0.5) is 0 Å². The summed E-state index contributed by atoms with van der Waals surface area (Å²) in [5, 5.41) is 1.99. The number of carbonyl (C=O) groups excluding carboxylic acids is 1. The van der Waals surface area contributed by atoms with Gasteiger partial charge in [-0.05, 0) is 18.2 Å². The van der Waals surface area contributed by atoms with Gasteiger partial charge in [0.05, 0.1) is 12.6 Å². The standard InChI is InChI=1S/C14H12N2O2/c1-18-12-7-8(14(15)17)6-10-9-4-2-3-5-11(9)16-13(10)12/h2-7,16H,1H3,(H2,15,17). The van der Waals surface area contributed by atoms with E-state index in [4.69, 9.17) is 10.5 Å². The molecule has 0 spiro atoms. The minimum atomic E-state index is -0.458. The van der Waals surface area contributed by atoms with Gasteiger partial charge in [0.15, 0.2) is 0 Å². The summed E-state index contributed by atoms with van der Waals surface area (Å²) in [4.78, 5) is 14.6. The SMILES string of the molecule is COc1cc(C(N)=O)cc2c1[nH]c1ccccc12. The normalized spacial score (nSPS) is 10.9. The van der Waals surface area contributed by atoms with Crippen molar-refractivity contribution in [2.24, 2.45) is 5.73 Å². The van der Waals surface area contributed by atoms with Gasteiger partial charge in [-0.15, -0.1) is 0 Å². The van der Waals surface area contributed by atoms with Crippen LogP contribution in [-0.4, -0.2) is 18.0 Å². The Kier molecular flexibility index (Phi) is 2.23. The summed E-state index contributed by atoms with van der Waals surface area (Å²) in [6.45, 7) is 0. The maximum atomic E-state index is 11.3. The van der Waals surface area contributed by atoms with Gasteiger partial charge in [-0.1, -0.05) is 18.2 Å². The van der Waals surface area contributed by atoms with Crippen molar-refractivity contribution in [1.29, 1.82) is 0 Å². The molecule has 0 atom stereocenters. The highest BCUT2D eigenvalue weighted by Gasteiger charge is 2.12. The summed E-state index contributed by atoms with van der Waals surface area (Å²) in [6.07, 6.45) is 0. The zero-order valence-corrected chi connectivity index (χ0v) is 9.86. The predicted molar refractivity (Wildman–Crippen MR) is 70.9 cm³/mol. The second kappa shape index (κ2) is 3.77. The highest BCUT2D eigenvalue weighted by atomic mass is 16.5. The minimum Gasteiger partial charge on any atom is -0.495 e. The van der Waals surface area contributed by atoms with E-state index in [2.05, 4.69) is 4.98 Å². The molecular weight excluding hydrogens is 228 g/mol. The molecule has 3 rings (SSSR count). The van der Waals surface area contributed by atoms with Gasteiger partial charge < -0.3 is 15.5 Å². The van der Waals surface area contributed by atoms with Crippen molar-refractivity contribution in [2.45, 2.75) is 0 Å². The van der Waals surface area contributed by atoms with Crippen LogP contribution >= 0.6 is 0 Å². The molecule has 0 aliphatic rings. The fourth-order valence-electron chi connectivity index (χ4n) is 2.22. The average Bonchev–Trinajstić information content (AvgIpc) is 2.76. The molecule has 1 heterocycles. The third-order valence-electron chi connectivity index (χ3n) is 3.08. The van der Waals surface area contributed by atoms with E-state index in [0.29, 0.717) is 11.3 Å². The molecule has 0 radical (unpaired) electrons. The molecular formula is C14H12N2O2. The van der Waals surface area contributed by atoms with Gasteiger partial charge in [0.1, 0.15) is 5.75 Å². The van der Waals surface area contributed by atoms with E-state index in [1.54, 1.807) is 19.2 Å². The van der Waals surface area contributed by atoms with Crippen molar-refractivity contribution in [1.82, 2.24) is 4.98 Å². The van der Waals surface area contributed by atoms with E-state index < -0.39 is 5.91 Å². The first-order valence-corrected chi connectivity index (χ1v) is 5.59. The van der Waals surface area contributed by atoms with Crippen molar-refractivity contribution in [3.05, 3.63) is 42.0 Å². The molecule has 1 aromatic heterocycles. The Morgan fingerprint density at radius 2 is 2.00 bits per heavy atom. The van der Waals surface area contributed by atoms with Gasteiger partial charge in [0.25, 0.3) is 0 Å². The highest BCUT2D eigenvalue weighted by molar-refractivity contribution is 6.11. The second-order valence-corrected chi connectivity index (χ2v) is 4.14. The molecule has 3 N–H and O–H groups in total. The number of H-pyrrole nitrogens is 1. The second-order valence-electron chi connectivity index (χ2n) is 4.14. The van der Waals surface area contributed by atoms with E-state index >= 15 is 0 Å². The molecule has 0 saturated carbocycles. The summed E-state index contributed by atoms with van der Waals surface area (Å²) >= 11 is 0. The number of aromatic nitrogens is 1. The number of carbonyl (C=O) groups is 1. The number of fused-ring (bicyclic) bond motifs is 3. The van der Waals surface area contributed by atoms with Crippen molar-refractivity contribution in [3.63, 3.8) is 0 Å². The van der Waals surface area contributed by atoms with E-state index in [1.807, 2.05) is 24.3 Å². The molecule has 0 unspecified atom stereocenters. The Hall–Kier alpha value is -2.49. The smallest absolute Gasteiger partial charge is 0.248 e. The summed E-state index contributed by atoms with van der Waals surface area (Å²) in [7, 11) is 1.57. The van der Waals surface area contributed by atoms with E-state index in [9.17, 15) is 4.79 Å². The third-order valence-corrected chi connectivity index (χ3v) is 3.08. The van der Waals surface area contributed by atoms with Crippen LogP contribution in [0.3, 0.4) is 0 Å². The topological polar surface area (TPSA) is 68.1 Å². The van der Waals surface area contributed by atoms with Crippen LogP contribution in [0.2, 0.25) is 0 Å². The summed E-state index contributed by atoms with van der Waals surface area (Å²) in [6, 6.07) is 11.3. The quantitative estimate of drug-likeness (QED) is 0.722. The number of ether oxygens (including phenoxy) is 1. The number of hydrogen-bond acceptors (Lipinski definition) is 2. The van der Waals surface area contributed by atoms with Gasteiger partial charge in [0.2, 0.25) is 5.91 Å². The number of methoxy groups -OCH3 is 1. The lowest BCUT2D eigenvalue weighted by molar-refractivity contribution is 0.1000. The Labute approximate surface area is 103 Å². The van der Waals surface area contributed by atoms with Crippen LogP contribution in [0.5, 0.6) is 5.75 Å². The fraction of sp³-hybridized carbons (Fsp3) is 0.0714. The fourth-order valence-corrected chi connectivity index (χ4v) is 2.22. The summed E-state index contributed by atoms with van der Waals surface area (Å²) in [5.41, 5.74) is 7.67. The maximum absolute atomic E-state index is 11.3. The number of benzene rings is 2. The molecule has 2 aromatic carbocycles. The van der Waals surface area contributed by atoms with Gasteiger partial charge in [-0.3, -0.25) is 4.79 Å². The number of hydrogen-bond donors (Lipinski definition) is 2.